The summed E-state index contributed by atoms with van der Waals surface area (Å²) >= 11 is 0. The number of rotatable bonds is 4. The van der Waals surface area contributed by atoms with Crippen LogP contribution in [0.1, 0.15) is 27.3 Å². The zero-order valence-corrected chi connectivity index (χ0v) is 11.8. The first-order valence-corrected chi connectivity index (χ1v) is 6.31. The molecule has 1 heterocycles. The van der Waals surface area contributed by atoms with E-state index in [2.05, 4.69) is 15.3 Å². The summed E-state index contributed by atoms with van der Waals surface area (Å²) in [7, 11) is 1.61. The van der Waals surface area contributed by atoms with E-state index < -0.39 is 0 Å². The highest BCUT2D eigenvalue weighted by Crippen LogP contribution is 2.17. The quantitative estimate of drug-likeness (QED) is 0.924. The van der Waals surface area contributed by atoms with E-state index in [9.17, 15) is 4.79 Å². The number of hydrogen-bond acceptors (Lipinski definition) is 4. The second-order valence-corrected chi connectivity index (χ2v) is 4.43. The number of methoxy groups -OCH3 is 1. The Balaban J connectivity index is 2.11. The van der Waals surface area contributed by atoms with Crippen molar-refractivity contribution in [1.29, 1.82) is 0 Å². The zero-order valence-electron chi connectivity index (χ0n) is 11.8. The fourth-order valence-electron chi connectivity index (χ4n) is 1.88. The normalized spacial score (nSPS) is 10.2. The largest absolute Gasteiger partial charge is 0.496 e. The molecule has 0 spiro atoms. The van der Waals surface area contributed by atoms with Crippen molar-refractivity contribution in [3.63, 3.8) is 0 Å². The van der Waals surface area contributed by atoms with Crippen LogP contribution in [0.2, 0.25) is 0 Å². The third kappa shape index (κ3) is 2.93. The molecule has 0 radical (unpaired) electrons. The maximum absolute atomic E-state index is 12.1. The van der Waals surface area contributed by atoms with Crippen molar-refractivity contribution in [2.75, 3.05) is 7.11 Å². The number of hydrogen-bond donors (Lipinski definition) is 1. The van der Waals surface area contributed by atoms with Gasteiger partial charge in [-0.15, -0.1) is 0 Å². The lowest BCUT2D eigenvalue weighted by atomic mass is 10.1. The van der Waals surface area contributed by atoms with Gasteiger partial charge in [0.2, 0.25) is 0 Å². The number of amides is 1. The fourth-order valence-corrected chi connectivity index (χ4v) is 1.88. The summed E-state index contributed by atoms with van der Waals surface area (Å²) in [5.74, 6) is 0.544. The van der Waals surface area contributed by atoms with Gasteiger partial charge in [-0.1, -0.05) is 18.2 Å². The van der Waals surface area contributed by atoms with Gasteiger partial charge in [0.15, 0.2) is 0 Å². The smallest absolute Gasteiger partial charge is 0.270 e. The summed E-state index contributed by atoms with van der Waals surface area (Å²) in [5, 5.41) is 2.85. The molecule has 5 heteroatoms. The molecule has 0 aliphatic heterocycles. The number of benzene rings is 1. The lowest BCUT2D eigenvalue weighted by Crippen LogP contribution is -2.25. The predicted molar refractivity (Wildman–Crippen MR) is 75.7 cm³/mol. The fraction of sp³-hybridized carbons (Fsp3) is 0.267. The van der Waals surface area contributed by atoms with Gasteiger partial charge in [0.1, 0.15) is 17.8 Å². The number of ether oxygens (including phenoxy) is 1. The van der Waals surface area contributed by atoms with Crippen LogP contribution in [-0.4, -0.2) is 23.0 Å². The Morgan fingerprint density at radius 2 is 2.00 bits per heavy atom. The second-order valence-electron chi connectivity index (χ2n) is 4.43. The summed E-state index contributed by atoms with van der Waals surface area (Å²) in [4.78, 5) is 20.2. The van der Waals surface area contributed by atoms with Gasteiger partial charge < -0.3 is 10.1 Å². The Morgan fingerprint density at radius 3 is 2.75 bits per heavy atom. The molecule has 0 aliphatic carbocycles. The molecule has 0 bridgehead atoms. The Hall–Kier alpha value is -2.43. The molecule has 1 aromatic carbocycles. The Labute approximate surface area is 118 Å². The third-order valence-electron chi connectivity index (χ3n) is 3.18. The summed E-state index contributed by atoms with van der Waals surface area (Å²) in [6.45, 7) is 4.09. The van der Waals surface area contributed by atoms with E-state index in [-0.39, 0.29) is 5.91 Å². The maximum atomic E-state index is 12.1. The molecule has 0 saturated heterocycles. The van der Waals surface area contributed by atoms with E-state index >= 15 is 0 Å². The van der Waals surface area contributed by atoms with Gasteiger partial charge in [-0.25, -0.2) is 9.97 Å². The van der Waals surface area contributed by atoms with Crippen LogP contribution in [0.4, 0.5) is 0 Å². The minimum absolute atomic E-state index is 0.209. The number of para-hydroxylation sites is 1. The molecule has 104 valence electrons. The van der Waals surface area contributed by atoms with Gasteiger partial charge in [0.05, 0.1) is 7.11 Å². The minimum Gasteiger partial charge on any atom is -0.496 e. The first kappa shape index (κ1) is 14.0. The first-order valence-electron chi connectivity index (χ1n) is 6.31. The van der Waals surface area contributed by atoms with Gasteiger partial charge in [-0.3, -0.25) is 4.79 Å². The Morgan fingerprint density at radius 1 is 1.25 bits per heavy atom. The van der Waals surface area contributed by atoms with Crippen LogP contribution in [0, 0.1) is 13.8 Å². The van der Waals surface area contributed by atoms with Crippen molar-refractivity contribution in [3.8, 4) is 5.75 Å². The van der Waals surface area contributed by atoms with Crippen LogP contribution in [0.15, 0.2) is 30.6 Å². The van der Waals surface area contributed by atoms with Crippen molar-refractivity contribution in [2.45, 2.75) is 20.4 Å². The molecule has 0 unspecified atom stereocenters. The lowest BCUT2D eigenvalue weighted by molar-refractivity contribution is 0.0944. The summed E-state index contributed by atoms with van der Waals surface area (Å²) in [5.41, 5.74) is 2.94. The summed E-state index contributed by atoms with van der Waals surface area (Å²) < 4.78 is 5.25. The molecule has 0 saturated carbocycles. The number of carbonyl (C=O) groups is 1. The molecular weight excluding hydrogens is 254 g/mol. The molecule has 1 N–H and O–H groups in total. The van der Waals surface area contributed by atoms with Crippen LogP contribution in [0.5, 0.6) is 5.75 Å². The third-order valence-corrected chi connectivity index (χ3v) is 3.18. The van der Waals surface area contributed by atoms with Crippen LogP contribution < -0.4 is 10.1 Å². The van der Waals surface area contributed by atoms with Crippen LogP contribution in [-0.2, 0) is 6.54 Å². The van der Waals surface area contributed by atoms with Gasteiger partial charge in [-0.2, -0.15) is 0 Å². The van der Waals surface area contributed by atoms with Gasteiger partial charge in [0.25, 0.3) is 5.91 Å². The van der Waals surface area contributed by atoms with E-state index in [4.69, 9.17) is 4.74 Å². The van der Waals surface area contributed by atoms with Crippen LogP contribution >= 0.6 is 0 Å². The molecule has 0 aliphatic rings. The Bertz CT molecular complexity index is 626. The number of aromatic nitrogens is 2. The maximum Gasteiger partial charge on any atom is 0.270 e. The molecule has 2 rings (SSSR count). The zero-order chi connectivity index (χ0) is 14.5. The predicted octanol–water partition coefficient (Wildman–Crippen LogP) is 2.03. The number of nitrogens with one attached hydrogen (secondary N) is 1. The van der Waals surface area contributed by atoms with E-state index in [1.165, 1.54) is 6.33 Å². The Kier molecular flexibility index (Phi) is 4.30. The molecular formula is C15H17N3O2. The monoisotopic (exact) mass is 271 g/mol. The van der Waals surface area contributed by atoms with E-state index in [1.54, 1.807) is 7.11 Å². The first-order chi connectivity index (χ1) is 9.63. The topological polar surface area (TPSA) is 64.1 Å². The SMILES string of the molecule is COc1ccccc1CNC(=O)c1ncnc(C)c1C. The average molecular weight is 271 g/mol. The molecule has 5 nitrogen and oxygen atoms in total. The molecule has 20 heavy (non-hydrogen) atoms. The number of aryl methyl sites for hydroxylation is 1. The van der Waals surface area contributed by atoms with Crippen LogP contribution in [0.25, 0.3) is 0 Å². The standard InChI is InChI=1S/C15H17N3O2/c1-10-11(2)17-9-18-14(10)15(19)16-8-12-6-4-5-7-13(12)20-3/h4-7,9H,8H2,1-3H3,(H,16,19). The summed E-state index contributed by atoms with van der Waals surface area (Å²) in [6, 6.07) is 7.57. The number of carbonyl (C=O) groups excluding carboxylic acids is 1. The van der Waals surface area contributed by atoms with E-state index in [0.717, 1.165) is 22.6 Å². The lowest BCUT2D eigenvalue weighted by Gasteiger charge is -2.10. The second kappa shape index (κ2) is 6.14. The average Bonchev–Trinajstić information content (AvgIpc) is 2.48. The van der Waals surface area contributed by atoms with Crippen LogP contribution in [0.3, 0.4) is 0 Å². The van der Waals surface area contributed by atoms with Gasteiger partial charge in [-0.05, 0) is 19.9 Å². The molecule has 0 atom stereocenters. The minimum atomic E-state index is -0.209. The molecule has 1 aromatic heterocycles. The molecule has 1 amide bonds. The van der Waals surface area contributed by atoms with Crippen molar-refractivity contribution in [1.82, 2.24) is 15.3 Å². The highest BCUT2D eigenvalue weighted by Gasteiger charge is 2.13. The van der Waals surface area contributed by atoms with E-state index in [0.29, 0.717) is 12.2 Å². The summed E-state index contributed by atoms with van der Waals surface area (Å²) in [6.07, 6.45) is 1.40. The van der Waals surface area contributed by atoms with Gasteiger partial charge in [0, 0.05) is 23.4 Å². The highest BCUT2D eigenvalue weighted by atomic mass is 16.5. The van der Waals surface area contributed by atoms with Crippen molar-refractivity contribution in [2.24, 2.45) is 0 Å². The number of nitrogens with zero attached hydrogens (tertiary/aromatic N) is 2. The van der Waals surface area contributed by atoms with Crippen molar-refractivity contribution < 1.29 is 9.53 Å². The molecule has 0 fully saturated rings. The highest BCUT2D eigenvalue weighted by molar-refractivity contribution is 5.93. The van der Waals surface area contributed by atoms with Crippen molar-refractivity contribution >= 4 is 5.91 Å². The molecule has 2 aromatic rings. The van der Waals surface area contributed by atoms with E-state index in [1.807, 2.05) is 38.1 Å². The van der Waals surface area contributed by atoms with Gasteiger partial charge >= 0.3 is 0 Å². The van der Waals surface area contributed by atoms with Crippen molar-refractivity contribution in [3.05, 3.63) is 53.1 Å².